The summed E-state index contributed by atoms with van der Waals surface area (Å²) in [4.78, 5) is 7.96. The van der Waals surface area contributed by atoms with Crippen LogP contribution in [0, 0.1) is 11.6 Å². The molecule has 1 aromatic heterocycles. The van der Waals surface area contributed by atoms with E-state index in [0.29, 0.717) is 17.0 Å². The van der Waals surface area contributed by atoms with Gasteiger partial charge in [-0.05, 0) is 19.1 Å². The van der Waals surface area contributed by atoms with E-state index < -0.39 is 11.6 Å². The second kappa shape index (κ2) is 5.92. The SMILES string of the molecule is CCNc1nccc(Oc2cc(Br)cc(F)c2F)n1. The third kappa shape index (κ3) is 3.37. The minimum atomic E-state index is -1.06. The van der Waals surface area contributed by atoms with Gasteiger partial charge in [0.25, 0.3) is 0 Å². The lowest BCUT2D eigenvalue weighted by atomic mass is 10.3. The van der Waals surface area contributed by atoms with Gasteiger partial charge in [-0.3, -0.25) is 0 Å². The van der Waals surface area contributed by atoms with Crippen LogP contribution in [-0.4, -0.2) is 16.5 Å². The number of ether oxygens (including phenoxy) is 1. The van der Waals surface area contributed by atoms with E-state index in [1.54, 1.807) is 0 Å². The first-order chi connectivity index (χ1) is 9.10. The van der Waals surface area contributed by atoms with E-state index >= 15 is 0 Å². The predicted molar refractivity (Wildman–Crippen MR) is 70.3 cm³/mol. The Labute approximate surface area is 117 Å². The highest BCUT2D eigenvalue weighted by atomic mass is 79.9. The second-order valence-corrected chi connectivity index (χ2v) is 4.47. The van der Waals surface area contributed by atoms with E-state index in [1.807, 2.05) is 6.92 Å². The predicted octanol–water partition coefficient (Wildman–Crippen LogP) is 3.74. The Bertz CT molecular complexity index is 595. The van der Waals surface area contributed by atoms with Gasteiger partial charge >= 0.3 is 0 Å². The van der Waals surface area contributed by atoms with Crippen molar-refractivity contribution < 1.29 is 13.5 Å². The van der Waals surface area contributed by atoms with Gasteiger partial charge in [-0.2, -0.15) is 9.37 Å². The van der Waals surface area contributed by atoms with E-state index in [1.165, 1.54) is 18.3 Å². The van der Waals surface area contributed by atoms with Crippen LogP contribution >= 0.6 is 15.9 Å². The van der Waals surface area contributed by atoms with Gasteiger partial charge in [0.1, 0.15) is 0 Å². The average Bonchev–Trinajstić information content (AvgIpc) is 2.36. The maximum absolute atomic E-state index is 13.5. The zero-order valence-corrected chi connectivity index (χ0v) is 11.5. The molecular formula is C12H10BrF2N3O. The molecule has 0 fully saturated rings. The first kappa shape index (κ1) is 13.7. The molecule has 100 valence electrons. The van der Waals surface area contributed by atoms with Crippen molar-refractivity contribution in [3.05, 3.63) is 40.5 Å². The van der Waals surface area contributed by atoms with Crippen LogP contribution in [0.1, 0.15) is 6.92 Å². The van der Waals surface area contributed by atoms with Crippen LogP contribution in [0.3, 0.4) is 0 Å². The first-order valence-electron chi connectivity index (χ1n) is 5.49. The average molecular weight is 330 g/mol. The molecule has 0 spiro atoms. The molecule has 0 amide bonds. The summed E-state index contributed by atoms with van der Waals surface area (Å²) in [5, 5.41) is 2.89. The maximum Gasteiger partial charge on any atom is 0.225 e. The number of hydrogen-bond donors (Lipinski definition) is 1. The summed E-state index contributed by atoms with van der Waals surface area (Å²) < 4.78 is 32.3. The van der Waals surface area contributed by atoms with Crippen molar-refractivity contribution in [1.82, 2.24) is 9.97 Å². The molecule has 2 aromatic rings. The fourth-order valence-corrected chi connectivity index (χ4v) is 1.77. The van der Waals surface area contributed by atoms with Crippen LogP contribution < -0.4 is 10.1 Å². The molecule has 2 rings (SSSR count). The van der Waals surface area contributed by atoms with Crippen LogP contribution in [0.15, 0.2) is 28.9 Å². The number of aromatic nitrogens is 2. The van der Waals surface area contributed by atoms with Gasteiger partial charge in [0.2, 0.25) is 17.6 Å². The maximum atomic E-state index is 13.5. The quantitative estimate of drug-likeness (QED) is 0.868. The van der Waals surface area contributed by atoms with E-state index in [-0.39, 0.29) is 11.6 Å². The highest BCUT2D eigenvalue weighted by Gasteiger charge is 2.13. The molecular weight excluding hydrogens is 320 g/mol. The topological polar surface area (TPSA) is 47.0 Å². The van der Waals surface area contributed by atoms with Crippen molar-refractivity contribution in [3.63, 3.8) is 0 Å². The highest BCUT2D eigenvalue weighted by Crippen LogP contribution is 2.28. The smallest absolute Gasteiger partial charge is 0.225 e. The van der Waals surface area contributed by atoms with Crippen LogP contribution in [0.2, 0.25) is 0 Å². The van der Waals surface area contributed by atoms with Gasteiger partial charge in [-0.15, -0.1) is 0 Å². The van der Waals surface area contributed by atoms with Crippen LogP contribution in [0.5, 0.6) is 11.6 Å². The van der Waals surface area contributed by atoms with E-state index in [4.69, 9.17) is 4.74 Å². The molecule has 1 aromatic carbocycles. The second-order valence-electron chi connectivity index (χ2n) is 3.55. The zero-order chi connectivity index (χ0) is 13.8. The van der Waals surface area contributed by atoms with E-state index in [9.17, 15) is 8.78 Å². The van der Waals surface area contributed by atoms with E-state index in [0.717, 1.165) is 6.07 Å². The minimum absolute atomic E-state index is 0.127. The molecule has 1 heterocycles. The van der Waals surface area contributed by atoms with Crippen LogP contribution in [-0.2, 0) is 0 Å². The monoisotopic (exact) mass is 329 g/mol. The molecule has 0 unspecified atom stereocenters. The van der Waals surface area contributed by atoms with Crippen molar-refractivity contribution in [2.24, 2.45) is 0 Å². The number of nitrogens with one attached hydrogen (secondary N) is 1. The molecule has 7 heteroatoms. The Morgan fingerprint density at radius 3 is 2.89 bits per heavy atom. The van der Waals surface area contributed by atoms with E-state index in [2.05, 4.69) is 31.2 Å². The lowest BCUT2D eigenvalue weighted by molar-refractivity contribution is 0.404. The Morgan fingerprint density at radius 1 is 1.37 bits per heavy atom. The lowest BCUT2D eigenvalue weighted by Gasteiger charge is -2.08. The van der Waals surface area contributed by atoms with Crippen molar-refractivity contribution >= 4 is 21.9 Å². The molecule has 0 saturated heterocycles. The van der Waals surface area contributed by atoms with Gasteiger partial charge in [0.05, 0.1) is 0 Å². The minimum Gasteiger partial charge on any atom is -0.436 e. The fraction of sp³-hybridized carbons (Fsp3) is 0.167. The Hall–Kier alpha value is -1.76. The van der Waals surface area contributed by atoms with Gasteiger partial charge in [0, 0.05) is 23.3 Å². The standard InChI is InChI=1S/C12H10BrF2N3O/c1-2-16-12-17-4-3-10(18-12)19-9-6-7(13)5-8(14)11(9)15/h3-6H,2H2,1H3,(H,16,17,18). The Balaban J connectivity index is 2.28. The Morgan fingerprint density at radius 2 is 2.16 bits per heavy atom. The number of halogens is 3. The zero-order valence-electron chi connectivity index (χ0n) is 9.95. The lowest BCUT2D eigenvalue weighted by Crippen LogP contribution is -2.02. The summed E-state index contributed by atoms with van der Waals surface area (Å²) in [5.41, 5.74) is 0. The summed E-state index contributed by atoms with van der Waals surface area (Å²) in [6.45, 7) is 2.53. The van der Waals surface area contributed by atoms with Gasteiger partial charge in [0.15, 0.2) is 11.6 Å². The summed E-state index contributed by atoms with van der Waals surface area (Å²) in [6, 6.07) is 3.80. The van der Waals surface area contributed by atoms with Gasteiger partial charge in [-0.25, -0.2) is 9.37 Å². The molecule has 0 radical (unpaired) electrons. The fourth-order valence-electron chi connectivity index (χ4n) is 1.36. The molecule has 4 nitrogen and oxygen atoms in total. The molecule has 0 aliphatic rings. The summed E-state index contributed by atoms with van der Waals surface area (Å²) >= 11 is 3.07. The molecule has 0 aliphatic heterocycles. The number of nitrogens with zero attached hydrogens (tertiary/aromatic N) is 2. The molecule has 0 atom stereocenters. The number of anilines is 1. The molecule has 1 N–H and O–H groups in total. The summed E-state index contributed by atoms with van der Waals surface area (Å²) in [5.74, 6) is -1.82. The number of benzene rings is 1. The van der Waals surface area contributed by atoms with Crippen molar-refractivity contribution in [2.45, 2.75) is 6.92 Å². The van der Waals surface area contributed by atoms with Crippen molar-refractivity contribution in [3.8, 4) is 11.6 Å². The van der Waals surface area contributed by atoms with Gasteiger partial charge in [-0.1, -0.05) is 15.9 Å². The van der Waals surface area contributed by atoms with Crippen molar-refractivity contribution in [1.29, 1.82) is 0 Å². The third-order valence-electron chi connectivity index (χ3n) is 2.14. The highest BCUT2D eigenvalue weighted by molar-refractivity contribution is 9.10. The normalized spacial score (nSPS) is 10.3. The van der Waals surface area contributed by atoms with Crippen LogP contribution in [0.4, 0.5) is 14.7 Å². The molecule has 0 aliphatic carbocycles. The molecule has 19 heavy (non-hydrogen) atoms. The Kier molecular flexibility index (Phi) is 4.26. The summed E-state index contributed by atoms with van der Waals surface area (Å²) in [7, 11) is 0. The summed E-state index contributed by atoms with van der Waals surface area (Å²) in [6.07, 6.45) is 1.46. The number of rotatable bonds is 4. The third-order valence-corrected chi connectivity index (χ3v) is 2.60. The molecule has 0 bridgehead atoms. The first-order valence-corrected chi connectivity index (χ1v) is 6.28. The largest absolute Gasteiger partial charge is 0.436 e. The molecule has 0 saturated carbocycles. The van der Waals surface area contributed by atoms with Gasteiger partial charge < -0.3 is 10.1 Å². The van der Waals surface area contributed by atoms with Crippen LogP contribution in [0.25, 0.3) is 0 Å². The van der Waals surface area contributed by atoms with Crippen molar-refractivity contribution in [2.75, 3.05) is 11.9 Å². The number of hydrogen-bond acceptors (Lipinski definition) is 4.